The van der Waals surface area contributed by atoms with Gasteiger partial charge in [0.1, 0.15) is 0 Å². The smallest absolute Gasteiger partial charge is 0.237 e. The van der Waals surface area contributed by atoms with Crippen LogP contribution in [0.15, 0.2) is 41.6 Å². The SMILES string of the molecule is Cc1ccc(SC(C)C(=O)Nc2cc(Cl)ccc2C)nc1. The number of carbonyl (C=O) groups is 1. The van der Waals surface area contributed by atoms with Crippen molar-refractivity contribution in [1.29, 1.82) is 0 Å². The number of benzene rings is 1. The van der Waals surface area contributed by atoms with E-state index in [9.17, 15) is 4.79 Å². The zero-order valence-corrected chi connectivity index (χ0v) is 13.8. The molecule has 1 amide bonds. The monoisotopic (exact) mass is 320 g/mol. The number of thioether (sulfide) groups is 1. The molecule has 0 saturated carbocycles. The minimum atomic E-state index is -0.237. The van der Waals surface area contributed by atoms with Crippen LogP contribution in [0, 0.1) is 13.8 Å². The predicted molar refractivity (Wildman–Crippen MR) is 89.1 cm³/mol. The average Bonchev–Trinajstić information content (AvgIpc) is 2.45. The first-order chi connectivity index (χ1) is 9.95. The molecule has 1 unspecified atom stereocenters. The highest BCUT2D eigenvalue weighted by Crippen LogP contribution is 2.24. The number of rotatable bonds is 4. The molecule has 110 valence electrons. The molecule has 0 aliphatic heterocycles. The van der Waals surface area contributed by atoms with Crippen LogP contribution in [0.1, 0.15) is 18.1 Å². The fraction of sp³-hybridized carbons (Fsp3) is 0.250. The van der Waals surface area contributed by atoms with Crippen LogP contribution < -0.4 is 5.32 Å². The van der Waals surface area contributed by atoms with Crippen LogP contribution in [0.2, 0.25) is 5.02 Å². The van der Waals surface area contributed by atoms with Gasteiger partial charge in [0.2, 0.25) is 5.91 Å². The summed E-state index contributed by atoms with van der Waals surface area (Å²) in [5.41, 5.74) is 2.83. The van der Waals surface area contributed by atoms with Crippen LogP contribution in [0.3, 0.4) is 0 Å². The van der Waals surface area contributed by atoms with Gasteiger partial charge in [0.05, 0.1) is 10.3 Å². The van der Waals surface area contributed by atoms with Crippen molar-refractivity contribution >= 4 is 35.0 Å². The van der Waals surface area contributed by atoms with Gasteiger partial charge in [-0.05, 0) is 50.1 Å². The number of aryl methyl sites for hydroxylation is 2. The zero-order chi connectivity index (χ0) is 15.4. The Morgan fingerprint density at radius 1 is 1.29 bits per heavy atom. The van der Waals surface area contributed by atoms with Crippen molar-refractivity contribution in [2.45, 2.75) is 31.0 Å². The van der Waals surface area contributed by atoms with Crippen LogP contribution in [0.25, 0.3) is 0 Å². The van der Waals surface area contributed by atoms with Gasteiger partial charge in [0, 0.05) is 16.9 Å². The number of carbonyl (C=O) groups excluding carboxylic acids is 1. The van der Waals surface area contributed by atoms with Crippen molar-refractivity contribution in [1.82, 2.24) is 4.98 Å². The summed E-state index contributed by atoms with van der Waals surface area (Å²) in [5.74, 6) is -0.0623. The summed E-state index contributed by atoms with van der Waals surface area (Å²) in [5, 5.41) is 4.12. The van der Waals surface area contributed by atoms with Gasteiger partial charge < -0.3 is 5.32 Å². The zero-order valence-electron chi connectivity index (χ0n) is 12.2. The lowest BCUT2D eigenvalue weighted by atomic mass is 10.2. The Kier molecular flexibility index (Phi) is 5.26. The molecule has 1 aromatic heterocycles. The van der Waals surface area contributed by atoms with Gasteiger partial charge in [-0.1, -0.05) is 35.5 Å². The maximum atomic E-state index is 12.2. The van der Waals surface area contributed by atoms with Crippen molar-refractivity contribution < 1.29 is 4.79 Å². The van der Waals surface area contributed by atoms with Crippen LogP contribution in [-0.2, 0) is 4.79 Å². The second-order valence-electron chi connectivity index (χ2n) is 4.88. The molecule has 2 aromatic rings. The quantitative estimate of drug-likeness (QED) is 0.845. The number of amides is 1. The number of hydrogen-bond acceptors (Lipinski definition) is 3. The standard InChI is InChI=1S/C16H17ClN2OS/c1-10-4-7-15(18-9-10)21-12(3)16(20)19-14-8-13(17)6-5-11(14)2/h4-9,12H,1-3H3,(H,19,20). The van der Waals surface area contributed by atoms with Gasteiger partial charge in [-0.25, -0.2) is 4.98 Å². The van der Waals surface area contributed by atoms with Crippen LogP contribution in [-0.4, -0.2) is 16.1 Å². The Balaban J connectivity index is 2.02. The second-order valence-corrected chi connectivity index (χ2v) is 6.68. The topological polar surface area (TPSA) is 42.0 Å². The van der Waals surface area contributed by atoms with E-state index < -0.39 is 0 Å². The summed E-state index contributed by atoms with van der Waals surface area (Å²) in [4.78, 5) is 16.5. The van der Waals surface area contributed by atoms with Crippen LogP contribution in [0.5, 0.6) is 0 Å². The number of halogens is 1. The fourth-order valence-corrected chi connectivity index (χ4v) is 2.68. The largest absolute Gasteiger partial charge is 0.325 e. The third-order valence-corrected chi connectivity index (χ3v) is 4.29. The van der Waals surface area contributed by atoms with E-state index in [2.05, 4.69) is 10.3 Å². The van der Waals surface area contributed by atoms with E-state index in [1.54, 1.807) is 18.3 Å². The Labute approximate surface area is 134 Å². The Morgan fingerprint density at radius 2 is 2.05 bits per heavy atom. The van der Waals surface area contributed by atoms with E-state index in [1.165, 1.54) is 11.8 Å². The summed E-state index contributed by atoms with van der Waals surface area (Å²) in [6, 6.07) is 9.37. The summed E-state index contributed by atoms with van der Waals surface area (Å²) in [7, 11) is 0. The highest BCUT2D eigenvalue weighted by atomic mass is 35.5. The Bertz CT molecular complexity index is 643. The fourth-order valence-electron chi connectivity index (χ4n) is 1.72. The van der Waals surface area contributed by atoms with Gasteiger partial charge in [-0.15, -0.1) is 0 Å². The van der Waals surface area contributed by atoms with E-state index >= 15 is 0 Å². The molecule has 1 aromatic carbocycles. The number of aromatic nitrogens is 1. The minimum absolute atomic E-state index is 0.0623. The highest BCUT2D eigenvalue weighted by molar-refractivity contribution is 8.00. The van der Waals surface area contributed by atoms with E-state index in [-0.39, 0.29) is 11.2 Å². The van der Waals surface area contributed by atoms with E-state index in [1.807, 2.05) is 39.0 Å². The van der Waals surface area contributed by atoms with Crippen molar-refractivity contribution in [3.8, 4) is 0 Å². The van der Waals surface area contributed by atoms with Crippen molar-refractivity contribution in [3.63, 3.8) is 0 Å². The lowest BCUT2D eigenvalue weighted by molar-refractivity contribution is -0.115. The van der Waals surface area contributed by atoms with Gasteiger partial charge in [0.25, 0.3) is 0 Å². The maximum Gasteiger partial charge on any atom is 0.237 e. The minimum Gasteiger partial charge on any atom is -0.325 e. The molecule has 0 saturated heterocycles. The molecule has 1 N–H and O–H groups in total. The predicted octanol–water partition coefficient (Wildman–Crippen LogP) is 4.47. The summed E-state index contributed by atoms with van der Waals surface area (Å²) < 4.78 is 0. The first kappa shape index (κ1) is 15.9. The lowest BCUT2D eigenvalue weighted by Crippen LogP contribution is -2.22. The first-order valence-electron chi connectivity index (χ1n) is 6.62. The van der Waals surface area contributed by atoms with E-state index in [4.69, 9.17) is 11.6 Å². The van der Waals surface area contributed by atoms with Crippen molar-refractivity contribution in [3.05, 3.63) is 52.7 Å². The molecule has 21 heavy (non-hydrogen) atoms. The lowest BCUT2D eigenvalue weighted by Gasteiger charge is -2.13. The molecule has 1 atom stereocenters. The second kappa shape index (κ2) is 6.96. The molecule has 0 fully saturated rings. The summed E-state index contributed by atoms with van der Waals surface area (Å²) >= 11 is 7.39. The molecule has 1 heterocycles. The van der Waals surface area contributed by atoms with Gasteiger partial charge in [-0.2, -0.15) is 0 Å². The highest BCUT2D eigenvalue weighted by Gasteiger charge is 2.16. The van der Waals surface area contributed by atoms with E-state index in [0.29, 0.717) is 5.02 Å². The summed E-state index contributed by atoms with van der Waals surface area (Å²) in [6.07, 6.45) is 1.80. The summed E-state index contributed by atoms with van der Waals surface area (Å²) in [6.45, 7) is 5.78. The number of hydrogen-bond donors (Lipinski definition) is 1. The first-order valence-corrected chi connectivity index (χ1v) is 7.88. The van der Waals surface area contributed by atoms with E-state index in [0.717, 1.165) is 21.8 Å². The number of anilines is 1. The molecule has 0 bridgehead atoms. The number of nitrogens with one attached hydrogen (secondary N) is 1. The molecule has 5 heteroatoms. The van der Waals surface area contributed by atoms with Crippen LogP contribution >= 0.6 is 23.4 Å². The molecule has 3 nitrogen and oxygen atoms in total. The maximum absolute atomic E-state index is 12.2. The number of nitrogens with zero attached hydrogens (tertiary/aromatic N) is 1. The Morgan fingerprint density at radius 3 is 2.71 bits per heavy atom. The molecule has 0 radical (unpaired) electrons. The molecular formula is C16H17ClN2OS. The third-order valence-electron chi connectivity index (χ3n) is 3.01. The van der Waals surface area contributed by atoms with Crippen molar-refractivity contribution in [2.24, 2.45) is 0 Å². The van der Waals surface area contributed by atoms with Crippen LogP contribution in [0.4, 0.5) is 5.69 Å². The average molecular weight is 321 g/mol. The molecule has 2 rings (SSSR count). The van der Waals surface area contributed by atoms with Gasteiger partial charge in [0.15, 0.2) is 0 Å². The molecule has 0 spiro atoms. The van der Waals surface area contributed by atoms with Crippen molar-refractivity contribution in [2.75, 3.05) is 5.32 Å². The van der Waals surface area contributed by atoms with Gasteiger partial charge >= 0.3 is 0 Å². The third kappa shape index (κ3) is 4.48. The molecular weight excluding hydrogens is 304 g/mol. The molecule has 0 aliphatic rings. The molecule has 0 aliphatic carbocycles. The normalized spacial score (nSPS) is 12.0. The number of pyridine rings is 1. The van der Waals surface area contributed by atoms with Gasteiger partial charge in [-0.3, -0.25) is 4.79 Å². The Hall–Kier alpha value is -1.52.